The van der Waals surface area contributed by atoms with E-state index >= 15 is 0 Å². The van der Waals surface area contributed by atoms with Crippen LogP contribution in [-0.2, 0) is 4.74 Å². The van der Waals surface area contributed by atoms with Crippen LogP contribution in [0.15, 0.2) is 0 Å². The van der Waals surface area contributed by atoms with Gasteiger partial charge < -0.3 is 15.0 Å². The van der Waals surface area contributed by atoms with E-state index in [-0.39, 0.29) is 6.03 Å². The Labute approximate surface area is 115 Å². The van der Waals surface area contributed by atoms with Crippen molar-refractivity contribution in [1.82, 2.24) is 15.1 Å². The summed E-state index contributed by atoms with van der Waals surface area (Å²) in [6.07, 6.45) is 5.96. The Hall–Kier alpha value is -0.810. The number of carbonyl (C=O) groups excluding carboxylic acids is 1. The van der Waals surface area contributed by atoms with Gasteiger partial charge in [-0.25, -0.2) is 4.79 Å². The molecular formula is C14H25N3O2. The van der Waals surface area contributed by atoms with Crippen LogP contribution in [0.2, 0.25) is 0 Å². The molecule has 2 aliphatic heterocycles. The van der Waals surface area contributed by atoms with Crippen molar-refractivity contribution < 1.29 is 9.53 Å². The maximum Gasteiger partial charge on any atom is 0.317 e. The quantitative estimate of drug-likeness (QED) is 0.813. The lowest BCUT2D eigenvalue weighted by atomic mass is 10.2. The second-order valence-electron chi connectivity index (χ2n) is 5.97. The fraction of sp³-hybridized carbons (Fsp3) is 0.929. The van der Waals surface area contributed by atoms with Crippen LogP contribution in [-0.4, -0.2) is 67.3 Å². The minimum Gasteiger partial charge on any atom is -0.379 e. The van der Waals surface area contributed by atoms with Crippen LogP contribution in [0.25, 0.3) is 0 Å². The van der Waals surface area contributed by atoms with E-state index in [4.69, 9.17) is 4.74 Å². The van der Waals surface area contributed by atoms with Gasteiger partial charge in [0, 0.05) is 38.3 Å². The first-order chi connectivity index (χ1) is 9.33. The molecule has 5 nitrogen and oxygen atoms in total. The van der Waals surface area contributed by atoms with Gasteiger partial charge in [0.2, 0.25) is 0 Å². The van der Waals surface area contributed by atoms with Crippen molar-refractivity contribution >= 4 is 6.03 Å². The van der Waals surface area contributed by atoms with Gasteiger partial charge in [-0.05, 0) is 19.3 Å². The number of likely N-dealkylation sites (tertiary alicyclic amines) is 1. The molecule has 3 aliphatic rings. The third kappa shape index (κ3) is 3.20. The molecule has 3 fully saturated rings. The van der Waals surface area contributed by atoms with Crippen LogP contribution in [0.1, 0.15) is 32.1 Å². The van der Waals surface area contributed by atoms with Gasteiger partial charge in [0.05, 0.1) is 13.2 Å². The molecule has 1 unspecified atom stereocenters. The minimum atomic E-state index is 0.155. The summed E-state index contributed by atoms with van der Waals surface area (Å²) in [5.74, 6) is 0. The Morgan fingerprint density at radius 2 is 1.79 bits per heavy atom. The van der Waals surface area contributed by atoms with Crippen molar-refractivity contribution in [3.8, 4) is 0 Å². The first kappa shape index (κ1) is 13.2. The molecule has 2 saturated heterocycles. The van der Waals surface area contributed by atoms with Crippen LogP contribution in [0.5, 0.6) is 0 Å². The lowest BCUT2D eigenvalue weighted by Gasteiger charge is -2.32. The molecule has 0 radical (unpaired) electrons. The summed E-state index contributed by atoms with van der Waals surface area (Å²) in [5.41, 5.74) is 0. The Kier molecular flexibility index (Phi) is 4.23. The third-order valence-corrected chi connectivity index (χ3v) is 4.70. The Morgan fingerprint density at radius 3 is 2.53 bits per heavy atom. The van der Waals surface area contributed by atoms with Gasteiger partial charge in [-0.1, -0.05) is 12.8 Å². The zero-order chi connectivity index (χ0) is 13.1. The van der Waals surface area contributed by atoms with E-state index in [1.54, 1.807) is 0 Å². The Morgan fingerprint density at radius 1 is 1.05 bits per heavy atom. The largest absolute Gasteiger partial charge is 0.379 e. The van der Waals surface area contributed by atoms with E-state index in [0.29, 0.717) is 12.1 Å². The van der Waals surface area contributed by atoms with E-state index in [1.807, 2.05) is 4.90 Å². The van der Waals surface area contributed by atoms with Crippen molar-refractivity contribution in [2.24, 2.45) is 0 Å². The average molecular weight is 267 g/mol. The topological polar surface area (TPSA) is 44.8 Å². The fourth-order valence-electron chi connectivity index (χ4n) is 3.50. The van der Waals surface area contributed by atoms with Gasteiger partial charge in [-0.2, -0.15) is 0 Å². The highest BCUT2D eigenvalue weighted by molar-refractivity contribution is 5.74. The average Bonchev–Trinajstić information content (AvgIpc) is 3.10. The summed E-state index contributed by atoms with van der Waals surface area (Å²) in [6, 6.07) is 1.12. The molecule has 0 bridgehead atoms. The van der Waals surface area contributed by atoms with E-state index in [1.165, 1.54) is 12.8 Å². The second kappa shape index (κ2) is 6.09. The van der Waals surface area contributed by atoms with Gasteiger partial charge in [-0.3, -0.25) is 4.90 Å². The van der Waals surface area contributed by atoms with Gasteiger partial charge in [0.1, 0.15) is 0 Å². The summed E-state index contributed by atoms with van der Waals surface area (Å²) in [7, 11) is 0. The number of morpholine rings is 1. The summed E-state index contributed by atoms with van der Waals surface area (Å²) in [6.45, 7) is 5.50. The molecule has 1 aliphatic carbocycles. The third-order valence-electron chi connectivity index (χ3n) is 4.70. The molecule has 0 aromatic heterocycles. The highest BCUT2D eigenvalue weighted by Crippen LogP contribution is 2.20. The van der Waals surface area contributed by atoms with Crippen LogP contribution in [0, 0.1) is 0 Å². The maximum absolute atomic E-state index is 12.2. The number of ether oxygens (including phenoxy) is 1. The van der Waals surface area contributed by atoms with Crippen molar-refractivity contribution in [2.45, 2.75) is 44.2 Å². The fourth-order valence-corrected chi connectivity index (χ4v) is 3.50. The highest BCUT2D eigenvalue weighted by atomic mass is 16.5. The molecule has 3 rings (SSSR count). The molecule has 5 heteroatoms. The normalized spacial score (nSPS) is 29.9. The Balaban J connectivity index is 1.46. The number of nitrogens with one attached hydrogen (secondary N) is 1. The molecule has 1 N–H and O–H groups in total. The summed E-state index contributed by atoms with van der Waals surface area (Å²) >= 11 is 0. The number of hydrogen-bond donors (Lipinski definition) is 1. The summed E-state index contributed by atoms with van der Waals surface area (Å²) in [5, 5.41) is 3.19. The van der Waals surface area contributed by atoms with Crippen LogP contribution in [0.4, 0.5) is 4.79 Å². The van der Waals surface area contributed by atoms with Gasteiger partial charge in [0.25, 0.3) is 0 Å². The van der Waals surface area contributed by atoms with E-state index in [2.05, 4.69) is 10.2 Å². The van der Waals surface area contributed by atoms with Crippen molar-refractivity contribution in [2.75, 3.05) is 39.4 Å². The van der Waals surface area contributed by atoms with Gasteiger partial charge in [-0.15, -0.1) is 0 Å². The predicted octanol–water partition coefficient (Wildman–Crippen LogP) is 1.05. The summed E-state index contributed by atoms with van der Waals surface area (Å²) in [4.78, 5) is 16.7. The lowest BCUT2D eigenvalue weighted by molar-refractivity contribution is 0.0191. The number of urea groups is 1. The van der Waals surface area contributed by atoms with Crippen LogP contribution in [0.3, 0.4) is 0 Å². The molecule has 2 heterocycles. The van der Waals surface area contributed by atoms with Crippen molar-refractivity contribution in [3.63, 3.8) is 0 Å². The monoisotopic (exact) mass is 267 g/mol. The zero-order valence-corrected chi connectivity index (χ0v) is 11.6. The molecule has 0 aromatic carbocycles. The van der Waals surface area contributed by atoms with Crippen LogP contribution < -0.4 is 5.32 Å². The molecular weight excluding hydrogens is 242 g/mol. The van der Waals surface area contributed by atoms with E-state index in [0.717, 1.165) is 58.7 Å². The van der Waals surface area contributed by atoms with Gasteiger partial charge >= 0.3 is 6.03 Å². The molecule has 1 atom stereocenters. The number of carbonyl (C=O) groups is 1. The number of amides is 2. The van der Waals surface area contributed by atoms with E-state index < -0.39 is 0 Å². The number of nitrogens with zero attached hydrogens (tertiary/aromatic N) is 2. The molecule has 19 heavy (non-hydrogen) atoms. The number of hydrogen-bond acceptors (Lipinski definition) is 3. The molecule has 1 saturated carbocycles. The Bertz CT molecular complexity index is 312. The molecule has 0 aromatic rings. The smallest absolute Gasteiger partial charge is 0.317 e. The highest BCUT2D eigenvalue weighted by Gasteiger charge is 2.32. The molecule has 2 amide bonds. The standard InChI is InChI=1S/C14H25N3O2/c18-14(15-12-3-1-2-4-12)17-6-5-13(11-17)16-7-9-19-10-8-16/h12-13H,1-11H2,(H,15,18). The lowest BCUT2D eigenvalue weighted by Crippen LogP contribution is -2.47. The second-order valence-corrected chi connectivity index (χ2v) is 5.97. The molecule has 0 spiro atoms. The molecule has 108 valence electrons. The number of rotatable bonds is 2. The van der Waals surface area contributed by atoms with Crippen molar-refractivity contribution in [3.05, 3.63) is 0 Å². The predicted molar refractivity (Wildman–Crippen MR) is 73.2 cm³/mol. The first-order valence-electron chi connectivity index (χ1n) is 7.70. The summed E-state index contributed by atoms with van der Waals surface area (Å²) < 4.78 is 5.39. The van der Waals surface area contributed by atoms with Crippen molar-refractivity contribution in [1.29, 1.82) is 0 Å². The zero-order valence-electron chi connectivity index (χ0n) is 11.6. The SMILES string of the molecule is O=C(NC1CCCC1)N1CCC(N2CCOCC2)C1. The van der Waals surface area contributed by atoms with Gasteiger partial charge in [0.15, 0.2) is 0 Å². The first-order valence-corrected chi connectivity index (χ1v) is 7.70. The van der Waals surface area contributed by atoms with Crippen LogP contribution >= 0.6 is 0 Å². The minimum absolute atomic E-state index is 0.155. The van der Waals surface area contributed by atoms with E-state index in [9.17, 15) is 4.79 Å². The maximum atomic E-state index is 12.2.